The Bertz CT molecular complexity index is 666. The lowest BCUT2D eigenvalue weighted by Crippen LogP contribution is -2.35. The van der Waals surface area contributed by atoms with Gasteiger partial charge in [-0.3, -0.25) is 9.97 Å². The number of ether oxygens (including phenoxy) is 1. The van der Waals surface area contributed by atoms with Crippen molar-refractivity contribution in [3.8, 4) is 5.75 Å². The van der Waals surface area contributed by atoms with Crippen molar-refractivity contribution in [2.75, 3.05) is 0 Å². The second kappa shape index (κ2) is 6.72. The van der Waals surface area contributed by atoms with Crippen molar-refractivity contribution in [1.29, 1.82) is 0 Å². The van der Waals surface area contributed by atoms with Crippen LogP contribution in [0.25, 0.3) is 0 Å². The number of aromatic nitrogens is 2. The molecule has 1 unspecified atom stereocenters. The molecule has 8 heteroatoms. The summed E-state index contributed by atoms with van der Waals surface area (Å²) in [6, 6.07) is 4.84. The summed E-state index contributed by atoms with van der Waals surface area (Å²) in [5, 5.41) is 11.0. The van der Waals surface area contributed by atoms with Gasteiger partial charge in [-0.2, -0.15) is 17.6 Å². The average molecular weight is 344 g/mol. The van der Waals surface area contributed by atoms with E-state index in [1.165, 1.54) is 30.7 Å². The maximum Gasteiger partial charge on any atom is 0.461 e. The van der Waals surface area contributed by atoms with Crippen LogP contribution in [0, 0.1) is 5.92 Å². The van der Waals surface area contributed by atoms with Gasteiger partial charge in [0.05, 0.1) is 11.9 Å². The van der Waals surface area contributed by atoms with Crippen LogP contribution in [0.4, 0.5) is 17.6 Å². The van der Waals surface area contributed by atoms with Gasteiger partial charge in [-0.15, -0.1) is 0 Å². The monoisotopic (exact) mass is 344 g/mol. The summed E-state index contributed by atoms with van der Waals surface area (Å²) in [4.78, 5) is 8.00. The van der Waals surface area contributed by atoms with Crippen LogP contribution >= 0.6 is 0 Å². The summed E-state index contributed by atoms with van der Waals surface area (Å²) in [6.45, 7) is 3.51. The first-order valence-electron chi connectivity index (χ1n) is 7.12. The van der Waals surface area contributed by atoms with E-state index in [2.05, 4.69) is 14.7 Å². The van der Waals surface area contributed by atoms with Crippen LogP contribution in [0.2, 0.25) is 0 Å². The Morgan fingerprint density at radius 1 is 1.08 bits per heavy atom. The minimum absolute atomic E-state index is 0.284. The van der Waals surface area contributed by atoms with Gasteiger partial charge in [-0.1, -0.05) is 26.0 Å². The van der Waals surface area contributed by atoms with Crippen molar-refractivity contribution in [3.63, 3.8) is 0 Å². The number of benzene rings is 1. The van der Waals surface area contributed by atoms with E-state index in [-0.39, 0.29) is 11.6 Å². The molecule has 1 aromatic heterocycles. The van der Waals surface area contributed by atoms with Gasteiger partial charge < -0.3 is 9.84 Å². The molecule has 0 bridgehead atoms. The molecule has 0 aliphatic carbocycles. The Kier molecular flexibility index (Phi) is 5.08. The highest BCUT2D eigenvalue weighted by Crippen LogP contribution is 2.36. The van der Waals surface area contributed by atoms with E-state index in [4.69, 9.17) is 0 Å². The summed E-state index contributed by atoms with van der Waals surface area (Å²) in [5.74, 6) is -0.752. The average Bonchev–Trinajstić information content (AvgIpc) is 2.55. The molecule has 1 N–H and O–H groups in total. The zero-order chi connectivity index (χ0) is 18.0. The predicted octanol–water partition coefficient (Wildman–Crippen LogP) is 3.61. The Labute approximate surface area is 136 Å². The largest absolute Gasteiger partial charge is 0.461 e. The summed E-state index contributed by atoms with van der Waals surface area (Å²) in [7, 11) is 0. The molecule has 2 rings (SSSR count). The number of hydrogen-bond acceptors (Lipinski definition) is 4. The van der Waals surface area contributed by atoms with Gasteiger partial charge in [0.15, 0.2) is 0 Å². The zero-order valence-electron chi connectivity index (χ0n) is 13.0. The van der Waals surface area contributed by atoms with Gasteiger partial charge >= 0.3 is 12.5 Å². The van der Waals surface area contributed by atoms with Gasteiger partial charge in [0.2, 0.25) is 0 Å². The molecule has 0 spiro atoms. The van der Waals surface area contributed by atoms with E-state index >= 15 is 0 Å². The number of rotatable bonds is 6. The van der Waals surface area contributed by atoms with Gasteiger partial charge in [0, 0.05) is 12.4 Å². The van der Waals surface area contributed by atoms with Crippen LogP contribution in [-0.4, -0.2) is 27.6 Å². The van der Waals surface area contributed by atoms with Crippen molar-refractivity contribution in [1.82, 2.24) is 9.97 Å². The number of halogens is 4. The highest BCUT2D eigenvalue weighted by atomic mass is 19.3. The number of hydrogen-bond donors (Lipinski definition) is 1. The van der Waals surface area contributed by atoms with Crippen LogP contribution in [0.1, 0.15) is 25.1 Å². The smallest absolute Gasteiger partial charge is 0.428 e. The molecular weight excluding hydrogens is 328 g/mol. The molecule has 24 heavy (non-hydrogen) atoms. The number of alkyl halides is 4. The molecule has 0 aliphatic heterocycles. The lowest BCUT2D eigenvalue weighted by molar-refractivity contribution is -0.253. The molecule has 0 saturated carbocycles. The van der Waals surface area contributed by atoms with E-state index in [1.54, 1.807) is 13.8 Å². The quantitative estimate of drug-likeness (QED) is 0.814. The highest BCUT2D eigenvalue weighted by molar-refractivity contribution is 5.36. The summed E-state index contributed by atoms with van der Waals surface area (Å²) in [5.41, 5.74) is -0.879. The summed E-state index contributed by atoms with van der Waals surface area (Å²) >= 11 is 0. The van der Waals surface area contributed by atoms with E-state index in [9.17, 15) is 22.7 Å². The molecule has 1 heterocycles. The molecule has 0 aliphatic rings. The topological polar surface area (TPSA) is 55.2 Å². The standard InChI is InChI=1S/C16H16F4N2O2/c1-10(2)15(23,13-9-21-7-8-22-13)11-3-5-12(6-4-11)24-16(19,20)14(17)18/h3-10,14,23H,1-2H3. The first kappa shape index (κ1) is 18.1. The third-order valence-electron chi connectivity index (χ3n) is 3.59. The Hall–Kier alpha value is -2.22. The number of nitrogens with zero attached hydrogens (tertiary/aromatic N) is 2. The van der Waals surface area contributed by atoms with Gasteiger partial charge in [0.25, 0.3) is 0 Å². The van der Waals surface area contributed by atoms with Crippen LogP contribution < -0.4 is 4.74 Å². The van der Waals surface area contributed by atoms with Crippen LogP contribution in [0.5, 0.6) is 5.75 Å². The van der Waals surface area contributed by atoms with Gasteiger partial charge in [-0.05, 0) is 23.6 Å². The Morgan fingerprint density at radius 3 is 2.17 bits per heavy atom. The molecule has 0 saturated heterocycles. The molecule has 4 nitrogen and oxygen atoms in total. The first-order valence-corrected chi connectivity index (χ1v) is 7.12. The third-order valence-corrected chi connectivity index (χ3v) is 3.59. The van der Waals surface area contributed by atoms with Crippen LogP contribution in [0.15, 0.2) is 42.9 Å². The van der Waals surface area contributed by atoms with Crippen LogP contribution in [0.3, 0.4) is 0 Å². The minimum atomic E-state index is -4.58. The van der Waals surface area contributed by atoms with Crippen molar-refractivity contribution in [2.45, 2.75) is 32.0 Å². The fraction of sp³-hybridized carbons (Fsp3) is 0.375. The second-order valence-corrected chi connectivity index (χ2v) is 5.50. The molecule has 130 valence electrons. The molecule has 0 fully saturated rings. The van der Waals surface area contributed by atoms with E-state index < -0.39 is 23.9 Å². The first-order chi connectivity index (χ1) is 11.2. The highest BCUT2D eigenvalue weighted by Gasteiger charge is 2.44. The zero-order valence-corrected chi connectivity index (χ0v) is 13.0. The van der Waals surface area contributed by atoms with Crippen molar-refractivity contribution in [2.24, 2.45) is 5.92 Å². The van der Waals surface area contributed by atoms with E-state index in [0.29, 0.717) is 5.56 Å². The molecule has 2 aromatic rings. The van der Waals surface area contributed by atoms with Gasteiger partial charge in [-0.25, -0.2) is 0 Å². The van der Waals surface area contributed by atoms with Crippen molar-refractivity contribution < 1.29 is 27.4 Å². The normalized spacial score (nSPS) is 14.7. The molecule has 0 radical (unpaired) electrons. The maximum absolute atomic E-state index is 12.9. The molecular formula is C16H16F4N2O2. The van der Waals surface area contributed by atoms with E-state index in [0.717, 1.165) is 12.1 Å². The summed E-state index contributed by atoms with van der Waals surface area (Å²) < 4.78 is 54.2. The SMILES string of the molecule is CC(C)C(O)(c1ccc(OC(F)(F)C(F)F)cc1)c1cnccn1. The minimum Gasteiger partial charge on any atom is -0.428 e. The summed E-state index contributed by atoms with van der Waals surface area (Å²) in [6.07, 6.45) is -4.25. The lowest BCUT2D eigenvalue weighted by Gasteiger charge is -2.32. The fourth-order valence-electron chi connectivity index (χ4n) is 2.25. The molecule has 0 amide bonds. The third kappa shape index (κ3) is 3.48. The second-order valence-electron chi connectivity index (χ2n) is 5.50. The molecule has 1 atom stereocenters. The predicted molar refractivity (Wildman–Crippen MR) is 77.9 cm³/mol. The molecule has 1 aromatic carbocycles. The Morgan fingerprint density at radius 2 is 1.71 bits per heavy atom. The van der Waals surface area contributed by atoms with Crippen molar-refractivity contribution >= 4 is 0 Å². The Balaban J connectivity index is 2.34. The van der Waals surface area contributed by atoms with Crippen molar-refractivity contribution in [3.05, 3.63) is 54.1 Å². The van der Waals surface area contributed by atoms with Crippen LogP contribution in [-0.2, 0) is 5.60 Å². The van der Waals surface area contributed by atoms with Gasteiger partial charge in [0.1, 0.15) is 11.4 Å². The fourth-order valence-corrected chi connectivity index (χ4v) is 2.25. The van der Waals surface area contributed by atoms with E-state index in [1.807, 2.05) is 0 Å². The number of aliphatic hydroxyl groups is 1. The maximum atomic E-state index is 12.9. The lowest BCUT2D eigenvalue weighted by atomic mass is 9.81.